The monoisotopic (exact) mass is 289 g/mol. The predicted molar refractivity (Wildman–Crippen MR) is 51.1 cm³/mol. The maximum Gasteiger partial charge on any atom is 0.417 e. The zero-order valence-electron chi connectivity index (χ0n) is 7.73. The minimum absolute atomic E-state index is 0.405. The SMILES string of the molecule is O=[N+]([O-])c1cccc(C(F)(F)F)c1S(=O)(=O)Cl. The fourth-order valence-corrected chi connectivity index (χ4v) is 2.47. The molecule has 0 N–H and O–H groups in total. The number of hydrogen-bond acceptors (Lipinski definition) is 4. The highest BCUT2D eigenvalue weighted by molar-refractivity contribution is 8.13. The predicted octanol–water partition coefficient (Wildman–Crippen LogP) is 2.54. The third-order valence-electron chi connectivity index (χ3n) is 1.74. The van der Waals surface area contributed by atoms with Gasteiger partial charge in [-0.25, -0.2) is 8.42 Å². The van der Waals surface area contributed by atoms with Crippen molar-refractivity contribution in [3.8, 4) is 0 Å². The van der Waals surface area contributed by atoms with Gasteiger partial charge < -0.3 is 0 Å². The Morgan fingerprint density at radius 1 is 1.29 bits per heavy atom. The van der Waals surface area contributed by atoms with E-state index >= 15 is 0 Å². The summed E-state index contributed by atoms with van der Waals surface area (Å²) in [4.78, 5) is 7.67. The van der Waals surface area contributed by atoms with E-state index in [0.29, 0.717) is 12.1 Å². The van der Waals surface area contributed by atoms with Crippen LogP contribution in [0.2, 0.25) is 0 Å². The second-order valence-electron chi connectivity index (χ2n) is 2.85. The third kappa shape index (κ3) is 2.86. The fourth-order valence-electron chi connectivity index (χ4n) is 1.15. The minimum Gasteiger partial charge on any atom is -0.258 e. The summed E-state index contributed by atoms with van der Waals surface area (Å²) < 4.78 is 59.4. The molecule has 0 aromatic heterocycles. The van der Waals surface area contributed by atoms with E-state index in [-0.39, 0.29) is 0 Å². The summed E-state index contributed by atoms with van der Waals surface area (Å²) in [5.41, 5.74) is -2.88. The van der Waals surface area contributed by atoms with Crippen molar-refractivity contribution in [1.29, 1.82) is 0 Å². The van der Waals surface area contributed by atoms with Crippen LogP contribution in [0.3, 0.4) is 0 Å². The van der Waals surface area contributed by atoms with Gasteiger partial charge in [0.2, 0.25) is 0 Å². The second-order valence-corrected chi connectivity index (χ2v) is 5.35. The molecule has 10 heteroatoms. The van der Waals surface area contributed by atoms with Crippen molar-refractivity contribution in [2.24, 2.45) is 0 Å². The Morgan fingerprint density at radius 2 is 1.82 bits per heavy atom. The van der Waals surface area contributed by atoms with E-state index in [2.05, 4.69) is 0 Å². The van der Waals surface area contributed by atoms with E-state index in [9.17, 15) is 31.7 Å². The molecule has 0 unspecified atom stereocenters. The van der Waals surface area contributed by atoms with E-state index in [1.54, 1.807) is 0 Å². The Bertz CT molecular complexity index is 569. The molecule has 1 aromatic rings. The summed E-state index contributed by atoms with van der Waals surface area (Å²) in [5.74, 6) is 0. The van der Waals surface area contributed by atoms with E-state index in [1.165, 1.54) is 0 Å². The molecule has 0 aliphatic heterocycles. The highest BCUT2D eigenvalue weighted by atomic mass is 35.7. The van der Waals surface area contributed by atoms with E-state index in [0.717, 1.165) is 6.07 Å². The number of nitrogens with zero attached hydrogens (tertiary/aromatic N) is 1. The molecule has 0 bridgehead atoms. The second kappa shape index (κ2) is 4.15. The summed E-state index contributed by atoms with van der Waals surface area (Å²) in [6, 6.07) is 1.76. The first-order valence-electron chi connectivity index (χ1n) is 3.84. The van der Waals surface area contributed by atoms with Gasteiger partial charge in [0, 0.05) is 16.7 Å². The van der Waals surface area contributed by atoms with Gasteiger partial charge in [-0.1, -0.05) is 6.07 Å². The smallest absolute Gasteiger partial charge is 0.258 e. The Morgan fingerprint density at radius 3 is 2.18 bits per heavy atom. The first kappa shape index (κ1) is 13.7. The normalized spacial score (nSPS) is 12.5. The zero-order chi connectivity index (χ0) is 13.4. The summed E-state index contributed by atoms with van der Waals surface area (Å²) >= 11 is 0. The van der Waals surface area contributed by atoms with Crippen LogP contribution in [0.5, 0.6) is 0 Å². The largest absolute Gasteiger partial charge is 0.417 e. The number of halogens is 4. The van der Waals surface area contributed by atoms with Crippen molar-refractivity contribution >= 4 is 25.4 Å². The van der Waals surface area contributed by atoms with Crippen LogP contribution < -0.4 is 0 Å². The number of nitro groups is 1. The van der Waals surface area contributed by atoms with Gasteiger partial charge in [0.25, 0.3) is 14.7 Å². The molecule has 5 nitrogen and oxygen atoms in total. The van der Waals surface area contributed by atoms with Crippen LogP contribution in [0.4, 0.5) is 18.9 Å². The molecule has 0 radical (unpaired) electrons. The van der Waals surface area contributed by atoms with Gasteiger partial charge in [-0.2, -0.15) is 13.2 Å². The minimum atomic E-state index is -5.05. The first-order valence-corrected chi connectivity index (χ1v) is 6.15. The summed E-state index contributed by atoms with van der Waals surface area (Å²) in [7, 11) is -0.0950. The summed E-state index contributed by atoms with van der Waals surface area (Å²) in [6.45, 7) is 0. The molecule has 1 aromatic carbocycles. The van der Waals surface area contributed by atoms with Crippen LogP contribution in [-0.2, 0) is 15.2 Å². The number of nitro benzene ring substituents is 1. The van der Waals surface area contributed by atoms with Crippen LogP contribution >= 0.6 is 10.7 Å². The molecule has 0 aliphatic carbocycles. The molecule has 0 aliphatic rings. The van der Waals surface area contributed by atoms with Gasteiger partial charge in [0.1, 0.15) is 0 Å². The molecule has 0 spiro atoms. The highest BCUT2D eigenvalue weighted by Gasteiger charge is 2.41. The number of hydrogen-bond donors (Lipinski definition) is 0. The lowest BCUT2D eigenvalue weighted by Gasteiger charge is -2.10. The standard InChI is InChI=1S/C7H3ClF3NO4S/c8-17(15,16)6-4(7(9,10)11)2-1-3-5(6)12(13)14/h1-3H. The van der Waals surface area contributed by atoms with Crippen LogP contribution in [0, 0.1) is 10.1 Å². The van der Waals surface area contributed by atoms with Crippen molar-refractivity contribution < 1.29 is 26.5 Å². The molecule has 0 saturated heterocycles. The topological polar surface area (TPSA) is 77.3 Å². The van der Waals surface area contributed by atoms with E-state index in [4.69, 9.17) is 10.7 Å². The molecule has 1 rings (SSSR count). The molecule has 0 atom stereocenters. The zero-order valence-corrected chi connectivity index (χ0v) is 9.30. The van der Waals surface area contributed by atoms with Gasteiger partial charge in [-0.05, 0) is 6.07 Å². The molecule has 94 valence electrons. The Kier molecular flexibility index (Phi) is 3.35. The van der Waals surface area contributed by atoms with Crippen LogP contribution in [0.1, 0.15) is 5.56 Å². The summed E-state index contributed by atoms with van der Waals surface area (Å²) in [6.07, 6.45) is -5.05. The third-order valence-corrected chi connectivity index (χ3v) is 3.12. The van der Waals surface area contributed by atoms with Crippen molar-refractivity contribution in [2.45, 2.75) is 11.1 Å². The maximum absolute atomic E-state index is 12.5. The highest BCUT2D eigenvalue weighted by Crippen LogP contribution is 2.39. The summed E-state index contributed by atoms with van der Waals surface area (Å²) in [5, 5.41) is 10.5. The van der Waals surface area contributed by atoms with Crippen LogP contribution in [-0.4, -0.2) is 13.3 Å². The molecule has 0 amide bonds. The Labute approximate surface area is 97.4 Å². The van der Waals surface area contributed by atoms with Crippen LogP contribution in [0.15, 0.2) is 23.1 Å². The molecule has 0 saturated carbocycles. The molecular weight excluding hydrogens is 287 g/mol. The lowest BCUT2D eigenvalue weighted by molar-refractivity contribution is -0.388. The van der Waals surface area contributed by atoms with Crippen molar-refractivity contribution in [2.75, 3.05) is 0 Å². The molecular formula is C7H3ClF3NO4S. The van der Waals surface area contributed by atoms with Crippen molar-refractivity contribution in [3.05, 3.63) is 33.9 Å². The van der Waals surface area contributed by atoms with Gasteiger partial charge in [0.05, 0.1) is 10.5 Å². The van der Waals surface area contributed by atoms with Gasteiger partial charge in [0.15, 0.2) is 4.90 Å². The number of alkyl halides is 3. The average Bonchev–Trinajstić information content (AvgIpc) is 2.13. The van der Waals surface area contributed by atoms with Gasteiger partial charge in [-0.3, -0.25) is 10.1 Å². The van der Waals surface area contributed by atoms with Crippen LogP contribution in [0.25, 0.3) is 0 Å². The molecule has 17 heavy (non-hydrogen) atoms. The lowest BCUT2D eigenvalue weighted by atomic mass is 10.2. The molecule has 0 fully saturated rings. The fraction of sp³-hybridized carbons (Fsp3) is 0.143. The quantitative estimate of drug-likeness (QED) is 0.476. The Hall–Kier alpha value is -1.35. The van der Waals surface area contributed by atoms with E-state index in [1.807, 2.05) is 0 Å². The van der Waals surface area contributed by atoms with E-state index < -0.39 is 36.3 Å². The average molecular weight is 290 g/mol. The first-order chi connectivity index (χ1) is 7.55. The number of benzene rings is 1. The molecule has 0 heterocycles. The lowest BCUT2D eigenvalue weighted by Crippen LogP contribution is -2.12. The maximum atomic E-state index is 12.5. The van der Waals surface area contributed by atoms with Gasteiger partial charge >= 0.3 is 6.18 Å². The van der Waals surface area contributed by atoms with Gasteiger partial charge in [-0.15, -0.1) is 0 Å². The number of rotatable bonds is 2. The van der Waals surface area contributed by atoms with Crippen molar-refractivity contribution in [3.63, 3.8) is 0 Å². The van der Waals surface area contributed by atoms with Crippen molar-refractivity contribution in [1.82, 2.24) is 0 Å². The Balaban J connectivity index is 3.77.